The molecule has 0 heterocycles. The number of hydrogen-bond donors (Lipinski definition) is 1. The Balaban J connectivity index is 2.85. The van der Waals surface area contributed by atoms with E-state index in [9.17, 15) is 9.59 Å². The van der Waals surface area contributed by atoms with Crippen LogP contribution in [-0.4, -0.2) is 43.6 Å². The number of likely N-dealkylation sites (N-methyl/N-ethyl adjacent to an activating group) is 1. The molecule has 0 aliphatic heterocycles. The molecule has 6 heteroatoms. The molecule has 1 aromatic rings. The van der Waals surface area contributed by atoms with Crippen LogP contribution in [0.15, 0.2) is 18.2 Å². The zero-order valence-corrected chi connectivity index (χ0v) is 12.0. The second-order valence-electron chi connectivity index (χ2n) is 4.08. The molecule has 1 rings (SSSR count). The standard InChI is InChI=1S/C14H20N2O4/c1-4-16(9-13(17)20-5-2)14(18)10-6-7-12(19-3)11(15)8-10/h6-8H,4-5,9,15H2,1-3H3. The molecule has 0 spiro atoms. The lowest BCUT2D eigenvalue weighted by molar-refractivity contribution is -0.143. The minimum atomic E-state index is -0.427. The lowest BCUT2D eigenvalue weighted by atomic mass is 10.1. The Morgan fingerprint density at radius 2 is 2.00 bits per heavy atom. The molecule has 0 saturated carbocycles. The second kappa shape index (κ2) is 7.37. The van der Waals surface area contributed by atoms with Gasteiger partial charge in [-0.1, -0.05) is 0 Å². The first kappa shape index (κ1) is 15.8. The van der Waals surface area contributed by atoms with Crippen molar-refractivity contribution in [3.63, 3.8) is 0 Å². The summed E-state index contributed by atoms with van der Waals surface area (Å²) in [5, 5.41) is 0. The van der Waals surface area contributed by atoms with Gasteiger partial charge >= 0.3 is 5.97 Å². The van der Waals surface area contributed by atoms with Gasteiger partial charge in [0.15, 0.2) is 0 Å². The highest BCUT2D eigenvalue weighted by Crippen LogP contribution is 2.22. The Morgan fingerprint density at radius 3 is 2.50 bits per heavy atom. The monoisotopic (exact) mass is 280 g/mol. The predicted molar refractivity (Wildman–Crippen MR) is 75.6 cm³/mol. The van der Waals surface area contributed by atoms with E-state index in [-0.39, 0.29) is 12.5 Å². The Kier molecular flexibility index (Phi) is 5.83. The average Bonchev–Trinajstić information content (AvgIpc) is 2.44. The van der Waals surface area contributed by atoms with Gasteiger partial charge < -0.3 is 20.1 Å². The minimum Gasteiger partial charge on any atom is -0.495 e. The summed E-state index contributed by atoms with van der Waals surface area (Å²) in [6.07, 6.45) is 0. The number of rotatable bonds is 6. The zero-order chi connectivity index (χ0) is 15.1. The van der Waals surface area contributed by atoms with Crippen LogP contribution in [0.3, 0.4) is 0 Å². The predicted octanol–water partition coefficient (Wildman–Crippen LogP) is 1.30. The number of carbonyl (C=O) groups is 2. The minimum absolute atomic E-state index is 0.0743. The summed E-state index contributed by atoms with van der Waals surface area (Å²) in [5.41, 5.74) is 6.56. The van der Waals surface area contributed by atoms with Gasteiger partial charge in [-0.25, -0.2) is 0 Å². The number of carbonyl (C=O) groups excluding carboxylic acids is 2. The molecule has 0 bridgehead atoms. The smallest absolute Gasteiger partial charge is 0.325 e. The molecule has 0 aliphatic carbocycles. The number of ether oxygens (including phenoxy) is 2. The van der Waals surface area contributed by atoms with Gasteiger partial charge in [-0.05, 0) is 32.0 Å². The van der Waals surface area contributed by atoms with E-state index in [1.165, 1.54) is 18.1 Å². The third-order valence-corrected chi connectivity index (χ3v) is 2.77. The zero-order valence-electron chi connectivity index (χ0n) is 12.0. The Labute approximate surface area is 118 Å². The van der Waals surface area contributed by atoms with E-state index in [0.717, 1.165) is 0 Å². The van der Waals surface area contributed by atoms with Crippen molar-refractivity contribution >= 4 is 17.6 Å². The molecule has 0 fully saturated rings. The number of esters is 1. The Hall–Kier alpha value is -2.24. The van der Waals surface area contributed by atoms with Gasteiger partial charge in [0, 0.05) is 12.1 Å². The topological polar surface area (TPSA) is 81.9 Å². The van der Waals surface area contributed by atoms with Gasteiger partial charge in [0.05, 0.1) is 19.4 Å². The van der Waals surface area contributed by atoms with E-state index in [0.29, 0.717) is 30.2 Å². The number of methoxy groups -OCH3 is 1. The van der Waals surface area contributed by atoms with Gasteiger partial charge in [-0.3, -0.25) is 9.59 Å². The SMILES string of the molecule is CCOC(=O)CN(CC)C(=O)c1ccc(OC)c(N)c1. The van der Waals surface area contributed by atoms with E-state index in [4.69, 9.17) is 15.2 Å². The molecule has 0 aliphatic rings. The van der Waals surface area contributed by atoms with E-state index < -0.39 is 5.97 Å². The summed E-state index contributed by atoms with van der Waals surface area (Å²) in [5.74, 6) is -0.186. The first-order valence-electron chi connectivity index (χ1n) is 6.41. The van der Waals surface area contributed by atoms with Crippen molar-refractivity contribution in [1.82, 2.24) is 4.90 Å². The van der Waals surface area contributed by atoms with Crippen LogP contribution in [0.2, 0.25) is 0 Å². The van der Waals surface area contributed by atoms with Crippen molar-refractivity contribution in [2.45, 2.75) is 13.8 Å². The van der Waals surface area contributed by atoms with E-state index in [1.54, 1.807) is 26.0 Å². The fraction of sp³-hybridized carbons (Fsp3) is 0.429. The van der Waals surface area contributed by atoms with Crippen LogP contribution in [0, 0.1) is 0 Å². The van der Waals surface area contributed by atoms with E-state index in [1.807, 2.05) is 0 Å². The van der Waals surface area contributed by atoms with Gasteiger partial charge in [-0.2, -0.15) is 0 Å². The Bertz CT molecular complexity index is 488. The molecule has 0 unspecified atom stereocenters. The van der Waals surface area contributed by atoms with Gasteiger partial charge in [0.2, 0.25) is 0 Å². The molecular weight excluding hydrogens is 260 g/mol. The summed E-state index contributed by atoms with van der Waals surface area (Å²) >= 11 is 0. The number of nitrogen functional groups attached to an aromatic ring is 1. The molecule has 1 amide bonds. The maximum absolute atomic E-state index is 12.3. The number of nitrogens with zero attached hydrogens (tertiary/aromatic N) is 1. The molecule has 0 aromatic heterocycles. The molecule has 0 radical (unpaired) electrons. The highest BCUT2D eigenvalue weighted by Gasteiger charge is 2.18. The molecule has 110 valence electrons. The number of anilines is 1. The summed E-state index contributed by atoms with van der Waals surface area (Å²) in [4.78, 5) is 25.1. The fourth-order valence-electron chi connectivity index (χ4n) is 1.74. The summed E-state index contributed by atoms with van der Waals surface area (Å²) in [7, 11) is 1.51. The molecular formula is C14H20N2O4. The van der Waals surface area contributed by atoms with Crippen LogP contribution in [-0.2, 0) is 9.53 Å². The van der Waals surface area contributed by atoms with Gasteiger partial charge in [-0.15, -0.1) is 0 Å². The average molecular weight is 280 g/mol. The summed E-state index contributed by atoms with van der Waals surface area (Å²) in [6.45, 7) is 4.14. The Morgan fingerprint density at radius 1 is 1.30 bits per heavy atom. The van der Waals surface area contributed by atoms with E-state index in [2.05, 4.69) is 0 Å². The van der Waals surface area contributed by atoms with Crippen LogP contribution in [0.1, 0.15) is 24.2 Å². The molecule has 6 nitrogen and oxygen atoms in total. The van der Waals surface area contributed by atoms with Gasteiger partial charge in [0.1, 0.15) is 12.3 Å². The highest BCUT2D eigenvalue weighted by molar-refractivity contribution is 5.97. The number of hydrogen-bond acceptors (Lipinski definition) is 5. The lowest BCUT2D eigenvalue weighted by Crippen LogP contribution is -2.36. The normalized spacial score (nSPS) is 9.95. The second-order valence-corrected chi connectivity index (χ2v) is 4.08. The van der Waals surface area contributed by atoms with Crippen molar-refractivity contribution in [3.05, 3.63) is 23.8 Å². The number of nitrogens with two attached hydrogens (primary N) is 1. The third-order valence-electron chi connectivity index (χ3n) is 2.77. The van der Waals surface area contributed by atoms with Crippen molar-refractivity contribution in [1.29, 1.82) is 0 Å². The van der Waals surface area contributed by atoms with Crippen LogP contribution in [0.4, 0.5) is 5.69 Å². The molecule has 0 saturated heterocycles. The molecule has 1 aromatic carbocycles. The van der Waals surface area contributed by atoms with Crippen molar-refractivity contribution < 1.29 is 19.1 Å². The van der Waals surface area contributed by atoms with E-state index >= 15 is 0 Å². The van der Waals surface area contributed by atoms with Crippen LogP contribution < -0.4 is 10.5 Å². The van der Waals surface area contributed by atoms with Crippen LogP contribution >= 0.6 is 0 Å². The molecule has 2 N–H and O–H groups in total. The third kappa shape index (κ3) is 3.88. The lowest BCUT2D eigenvalue weighted by Gasteiger charge is -2.20. The van der Waals surface area contributed by atoms with Gasteiger partial charge in [0.25, 0.3) is 5.91 Å². The quantitative estimate of drug-likeness (QED) is 0.627. The summed E-state index contributed by atoms with van der Waals surface area (Å²) < 4.78 is 9.88. The maximum Gasteiger partial charge on any atom is 0.325 e. The molecule has 0 atom stereocenters. The summed E-state index contributed by atoms with van der Waals surface area (Å²) in [6, 6.07) is 4.78. The van der Waals surface area contributed by atoms with Crippen LogP contribution in [0.5, 0.6) is 5.75 Å². The maximum atomic E-state index is 12.3. The molecule has 20 heavy (non-hydrogen) atoms. The number of benzene rings is 1. The first-order valence-corrected chi connectivity index (χ1v) is 6.41. The first-order chi connectivity index (χ1) is 9.53. The largest absolute Gasteiger partial charge is 0.495 e. The van der Waals surface area contributed by atoms with Crippen molar-refractivity contribution in [3.8, 4) is 5.75 Å². The van der Waals surface area contributed by atoms with Crippen molar-refractivity contribution in [2.24, 2.45) is 0 Å². The van der Waals surface area contributed by atoms with Crippen molar-refractivity contribution in [2.75, 3.05) is 32.5 Å². The highest BCUT2D eigenvalue weighted by atomic mass is 16.5. The fourth-order valence-corrected chi connectivity index (χ4v) is 1.74. The number of amides is 1. The van der Waals surface area contributed by atoms with Crippen LogP contribution in [0.25, 0.3) is 0 Å².